The van der Waals surface area contributed by atoms with E-state index in [1.165, 1.54) is 6.26 Å². The second-order valence-electron chi connectivity index (χ2n) is 2.86. The Kier molecular flexibility index (Phi) is 8.13. The van der Waals surface area contributed by atoms with Crippen molar-refractivity contribution in [1.29, 1.82) is 0 Å². The molecule has 0 aromatic heterocycles. The second-order valence-corrected chi connectivity index (χ2v) is 2.86. The summed E-state index contributed by atoms with van der Waals surface area (Å²) in [6.45, 7) is 4.24. The van der Waals surface area contributed by atoms with Crippen LogP contribution in [0.4, 0.5) is 0 Å². The molecule has 0 saturated heterocycles. The van der Waals surface area contributed by atoms with Crippen LogP contribution in [-0.4, -0.2) is 30.3 Å². The highest BCUT2D eigenvalue weighted by molar-refractivity contribution is 5.76. The lowest BCUT2D eigenvalue weighted by Crippen LogP contribution is -2.08. The van der Waals surface area contributed by atoms with Crippen LogP contribution < -0.4 is 0 Å². The van der Waals surface area contributed by atoms with Crippen LogP contribution in [0.1, 0.15) is 25.7 Å². The third-order valence-corrected chi connectivity index (χ3v) is 1.58. The molecule has 0 heterocycles. The predicted octanol–water partition coefficient (Wildman–Crippen LogP) is 1.33. The van der Waals surface area contributed by atoms with Gasteiger partial charge in [0, 0.05) is 0 Å². The number of esters is 1. The molecule has 15 heavy (non-hydrogen) atoms. The Labute approximate surface area is 88.7 Å². The van der Waals surface area contributed by atoms with E-state index >= 15 is 0 Å². The summed E-state index contributed by atoms with van der Waals surface area (Å²) in [5.74, 6) is -1.46. The van der Waals surface area contributed by atoms with Gasteiger partial charge < -0.3 is 14.6 Å². The van der Waals surface area contributed by atoms with Gasteiger partial charge >= 0.3 is 11.9 Å². The number of hydrogen-bond acceptors (Lipinski definition) is 4. The summed E-state index contributed by atoms with van der Waals surface area (Å²) in [6, 6.07) is 0. The van der Waals surface area contributed by atoms with E-state index in [1.807, 2.05) is 0 Å². The van der Waals surface area contributed by atoms with Gasteiger partial charge in [-0.3, -0.25) is 9.59 Å². The first kappa shape index (κ1) is 13.5. The molecule has 0 aliphatic rings. The highest BCUT2D eigenvalue weighted by atomic mass is 16.5. The minimum atomic E-state index is -0.994. The van der Waals surface area contributed by atoms with Gasteiger partial charge in [0.1, 0.15) is 0 Å². The first-order valence-corrected chi connectivity index (χ1v) is 4.76. The molecule has 0 bridgehead atoms. The third kappa shape index (κ3) is 10.4. The van der Waals surface area contributed by atoms with E-state index in [1.54, 1.807) is 0 Å². The standard InChI is InChI=1S/C10H16O5/c1-2-14-7-3-4-8-15-10(13)6-5-9(11)12/h2H,1,3-8H2,(H,11,12). The molecule has 5 nitrogen and oxygen atoms in total. The summed E-state index contributed by atoms with van der Waals surface area (Å²) in [5.41, 5.74) is 0. The maximum absolute atomic E-state index is 10.9. The molecule has 1 N–H and O–H groups in total. The summed E-state index contributed by atoms with van der Waals surface area (Å²) in [4.78, 5) is 21.0. The Morgan fingerprint density at radius 1 is 1.20 bits per heavy atom. The fraction of sp³-hybridized carbons (Fsp3) is 0.600. The molecule has 0 aliphatic heterocycles. The number of carboxylic acids is 1. The summed E-state index contributed by atoms with van der Waals surface area (Å²) >= 11 is 0. The van der Waals surface area contributed by atoms with Gasteiger partial charge in [-0.05, 0) is 12.8 Å². The molecule has 0 amide bonds. The van der Waals surface area contributed by atoms with Gasteiger partial charge in [0.25, 0.3) is 0 Å². The van der Waals surface area contributed by atoms with Crippen molar-refractivity contribution in [3.05, 3.63) is 12.8 Å². The number of ether oxygens (including phenoxy) is 2. The Morgan fingerprint density at radius 3 is 2.47 bits per heavy atom. The lowest BCUT2D eigenvalue weighted by atomic mass is 10.3. The molecule has 0 spiro atoms. The van der Waals surface area contributed by atoms with E-state index in [4.69, 9.17) is 14.6 Å². The fourth-order valence-electron chi connectivity index (χ4n) is 0.838. The average molecular weight is 216 g/mol. The number of carbonyl (C=O) groups is 2. The molecule has 0 rings (SSSR count). The maximum Gasteiger partial charge on any atom is 0.306 e. The van der Waals surface area contributed by atoms with E-state index in [-0.39, 0.29) is 12.8 Å². The highest BCUT2D eigenvalue weighted by Gasteiger charge is 2.05. The number of carbonyl (C=O) groups excluding carboxylic acids is 1. The molecule has 0 unspecified atom stereocenters. The number of aliphatic carboxylic acids is 1. The molecule has 0 aromatic rings. The van der Waals surface area contributed by atoms with E-state index in [9.17, 15) is 9.59 Å². The summed E-state index contributed by atoms with van der Waals surface area (Å²) < 4.78 is 9.65. The van der Waals surface area contributed by atoms with Crippen molar-refractivity contribution in [2.75, 3.05) is 13.2 Å². The minimum Gasteiger partial charge on any atom is -0.502 e. The van der Waals surface area contributed by atoms with Crippen molar-refractivity contribution in [2.24, 2.45) is 0 Å². The van der Waals surface area contributed by atoms with E-state index in [2.05, 4.69) is 6.58 Å². The van der Waals surface area contributed by atoms with E-state index in [0.29, 0.717) is 19.6 Å². The molecular formula is C10H16O5. The molecule has 0 aromatic carbocycles. The Bertz CT molecular complexity index is 212. The maximum atomic E-state index is 10.9. The van der Waals surface area contributed by atoms with Gasteiger partial charge in [0.2, 0.25) is 0 Å². The van der Waals surface area contributed by atoms with Gasteiger partial charge in [0.05, 0.1) is 32.3 Å². The van der Waals surface area contributed by atoms with Crippen LogP contribution in [-0.2, 0) is 19.1 Å². The van der Waals surface area contributed by atoms with Crippen LogP contribution in [0.15, 0.2) is 12.8 Å². The van der Waals surface area contributed by atoms with Crippen LogP contribution in [0, 0.1) is 0 Å². The van der Waals surface area contributed by atoms with E-state index < -0.39 is 11.9 Å². The molecule has 5 heteroatoms. The Balaban J connectivity index is 3.23. The summed E-state index contributed by atoms with van der Waals surface area (Å²) in [6.07, 6.45) is 2.58. The normalized spacial score (nSPS) is 9.33. The van der Waals surface area contributed by atoms with Crippen LogP contribution in [0.3, 0.4) is 0 Å². The SMILES string of the molecule is C=COCCCCOC(=O)CCC(=O)O. The zero-order valence-corrected chi connectivity index (χ0v) is 8.61. The van der Waals surface area contributed by atoms with Gasteiger partial charge in [-0.15, -0.1) is 0 Å². The van der Waals surface area contributed by atoms with E-state index in [0.717, 1.165) is 6.42 Å². The average Bonchev–Trinajstić information content (AvgIpc) is 2.20. The van der Waals surface area contributed by atoms with Gasteiger partial charge in [-0.2, -0.15) is 0 Å². The highest BCUT2D eigenvalue weighted by Crippen LogP contribution is 1.96. The number of rotatable bonds is 9. The van der Waals surface area contributed by atoms with Crippen molar-refractivity contribution >= 4 is 11.9 Å². The monoisotopic (exact) mass is 216 g/mol. The summed E-state index contributed by atoms with van der Waals surface area (Å²) in [5, 5.41) is 8.30. The molecule has 0 aliphatic carbocycles. The third-order valence-electron chi connectivity index (χ3n) is 1.58. The minimum absolute atomic E-state index is 0.0709. The quantitative estimate of drug-likeness (QED) is 0.357. The number of unbranched alkanes of at least 4 members (excludes halogenated alkanes) is 1. The molecule has 0 atom stereocenters. The summed E-state index contributed by atoms with van der Waals surface area (Å²) in [7, 11) is 0. The van der Waals surface area contributed by atoms with Crippen molar-refractivity contribution in [3.63, 3.8) is 0 Å². The van der Waals surface area contributed by atoms with Crippen LogP contribution in [0.25, 0.3) is 0 Å². The second kappa shape index (κ2) is 9.05. The lowest BCUT2D eigenvalue weighted by molar-refractivity contribution is -0.147. The first-order valence-electron chi connectivity index (χ1n) is 4.76. The smallest absolute Gasteiger partial charge is 0.306 e. The van der Waals surface area contributed by atoms with Crippen LogP contribution >= 0.6 is 0 Å². The molecule has 0 fully saturated rings. The molecule has 0 radical (unpaired) electrons. The zero-order valence-electron chi connectivity index (χ0n) is 8.61. The molecule has 86 valence electrons. The van der Waals surface area contributed by atoms with Gasteiger partial charge in [-0.25, -0.2) is 0 Å². The van der Waals surface area contributed by atoms with Gasteiger partial charge in [-0.1, -0.05) is 6.58 Å². The number of carboxylic acid groups (broad SMARTS) is 1. The fourth-order valence-corrected chi connectivity index (χ4v) is 0.838. The molecule has 0 saturated carbocycles. The van der Waals surface area contributed by atoms with Gasteiger partial charge in [0.15, 0.2) is 0 Å². The predicted molar refractivity (Wildman–Crippen MR) is 53.2 cm³/mol. The van der Waals surface area contributed by atoms with Crippen LogP contribution in [0.2, 0.25) is 0 Å². The Morgan fingerprint density at radius 2 is 1.87 bits per heavy atom. The lowest BCUT2D eigenvalue weighted by Gasteiger charge is -2.03. The van der Waals surface area contributed by atoms with Crippen LogP contribution in [0.5, 0.6) is 0 Å². The van der Waals surface area contributed by atoms with Crippen molar-refractivity contribution in [1.82, 2.24) is 0 Å². The molecular weight excluding hydrogens is 200 g/mol. The van der Waals surface area contributed by atoms with Crippen molar-refractivity contribution in [3.8, 4) is 0 Å². The zero-order chi connectivity index (χ0) is 11.5. The largest absolute Gasteiger partial charge is 0.502 e. The number of hydrogen-bond donors (Lipinski definition) is 1. The van der Waals surface area contributed by atoms with Crippen molar-refractivity contribution in [2.45, 2.75) is 25.7 Å². The van der Waals surface area contributed by atoms with Crippen molar-refractivity contribution < 1.29 is 24.2 Å². The first-order chi connectivity index (χ1) is 7.16. The Hall–Kier alpha value is -1.52. The topological polar surface area (TPSA) is 72.8 Å².